The normalized spacial score (nSPS) is 16.7. The van der Waals surface area contributed by atoms with Gasteiger partial charge in [0.25, 0.3) is 5.78 Å². The summed E-state index contributed by atoms with van der Waals surface area (Å²) in [5, 5.41) is 11.8. The molecule has 8 nitrogen and oxygen atoms in total. The highest BCUT2D eigenvalue weighted by molar-refractivity contribution is 7.22. The van der Waals surface area contributed by atoms with Crippen LogP contribution in [-0.2, 0) is 9.59 Å². The summed E-state index contributed by atoms with van der Waals surface area (Å²) in [5.74, 6) is -0.351. The Balaban J connectivity index is 1.74. The molecule has 0 radical (unpaired) electrons. The van der Waals surface area contributed by atoms with Crippen molar-refractivity contribution in [3.63, 3.8) is 0 Å². The molecule has 1 aromatic heterocycles. The van der Waals surface area contributed by atoms with Crippen LogP contribution in [0.25, 0.3) is 16.0 Å². The number of carbonyl (C=O) groups excluding carboxylic acids is 2. The summed E-state index contributed by atoms with van der Waals surface area (Å²) < 4.78 is 17.4. The fourth-order valence-electron chi connectivity index (χ4n) is 4.53. The van der Waals surface area contributed by atoms with Gasteiger partial charge in [0.15, 0.2) is 5.13 Å². The van der Waals surface area contributed by atoms with Gasteiger partial charge in [0.1, 0.15) is 29.0 Å². The van der Waals surface area contributed by atoms with Crippen molar-refractivity contribution in [2.45, 2.75) is 19.9 Å². The van der Waals surface area contributed by atoms with Crippen LogP contribution in [0.2, 0.25) is 0 Å². The van der Waals surface area contributed by atoms with E-state index in [-0.39, 0.29) is 11.3 Å². The number of aromatic nitrogens is 1. The maximum Gasteiger partial charge on any atom is 0.301 e. The van der Waals surface area contributed by atoms with Crippen LogP contribution in [0.4, 0.5) is 5.13 Å². The van der Waals surface area contributed by atoms with Crippen molar-refractivity contribution in [1.29, 1.82) is 0 Å². The number of amides is 1. The van der Waals surface area contributed by atoms with Gasteiger partial charge >= 0.3 is 5.91 Å². The van der Waals surface area contributed by atoms with E-state index in [0.29, 0.717) is 45.6 Å². The van der Waals surface area contributed by atoms with Crippen LogP contribution in [0.1, 0.15) is 29.7 Å². The fourth-order valence-corrected chi connectivity index (χ4v) is 5.62. The molecule has 4 aromatic rings. The molecule has 5 rings (SSSR count). The number of anilines is 1. The lowest BCUT2D eigenvalue weighted by atomic mass is 9.94. The second kappa shape index (κ2) is 10.2. The highest BCUT2D eigenvalue weighted by atomic mass is 32.1. The van der Waals surface area contributed by atoms with Crippen molar-refractivity contribution in [3.05, 3.63) is 82.9 Å². The van der Waals surface area contributed by atoms with E-state index >= 15 is 0 Å². The zero-order chi connectivity index (χ0) is 27.0. The number of ketones is 1. The van der Waals surface area contributed by atoms with Gasteiger partial charge < -0.3 is 19.3 Å². The molecule has 1 fully saturated rings. The number of aliphatic hydroxyl groups excluding tert-OH is 1. The Labute approximate surface area is 223 Å². The monoisotopic (exact) mass is 530 g/mol. The van der Waals surface area contributed by atoms with E-state index < -0.39 is 17.7 Å². The lowest BCUT2D eigenvalue weighted by molar-refractivity contribution is -0.132. The number of aliphatic hydroxyl groups is 1. The van der Waals surface area contributed by atoms with Gasteiger partial charge in [-0.1, -0.05) is 17.4 Å². The van der Waals surface area contributed by atoms with Gasteiger partial charge in [0.2, 0.25) is 0 Å². The first kappa shape index (κ1) is 25.3. The lowest BCUT2D eigenvalue weighted by Gasteiger charge is -2.25. The summed E-state index contributed by atoms with van der Waals surface area (Å²) in [7, 11) is 3.03. The summed E-state index contributed by atoms with van der Waals surface area (Å²) >= 11 is 1.30. The molecule has 0 aliphatic carbocycles. The largest absolute Gasteiger partial charge is 0.507 e. The van der Waals surface area contributed by atoms with Gasteiger partial charge in [0.05, 0.1) is 36.6 Å². The molecule has 1 aliphatic heterocycles. The molecule has 2 heterocycles. The Hall–Kier alpha value is -4.37. The third-order valence-corrected chi connectivity index (χ3v) is 7.37. The number of methoxy groups -OCH3 is 2. The molecule has 0 saturated carbocycles. The minimum Gasteiger partial charge on any atom is -0.507 e. The summed E-state index contributed by atoms with van der Waals surface area (Å²) in [6.45, 7) is 4.34. The fraction of sp³-hybridized carbons (Fsp3) is 0.207. The average molecular weight is 531 g/mol. The molecule has 1 aliphatic rings. The zero-order valence-electron chi connectivity index (χ0n) is 21.3. The van der Waals surface area contributed by atoms with E-state index in [9.17, 15) is 14.7 Å². The predicted molar refractivity (Wildman–Crippen MR) is 146 cm³/mol. The van der Waals surface area contributed by atoms with Crippen molar-refractivity contribution in [2.75, 3.05) is 25.7 Å². The van der Waals surface area contributed by atoms with E-state index in [0.717, 1.165) is 10.3 Å². The Morgan fingerprint density at radius 2 is 1.74 bits per heavy atom. The molecule has 0 unspecified atom stereocenters. The zero-order valence-corrected chi connectivity index (χ0v) is 22.2. The van der Waals surface area contributed by atoms with Crippen molar-refractivity contribution < 1.29 is 28.9 Å². The summed E-state index contributed by atoms with van der Waals surface area (Å²) in [4.78, 5) is 33.1. The summed E-state index contributed by atoms with van der Waals surface area (Å²) in [6, 6.07) is 16.6. The first-order valence-electron chi connectivity index (χ1n) is 12.0. The van der Waals surface area contributed by atoms with Gasteiger partial charge in [-0.3, -0.25) is 14.5 Å². The second-order valence-electron chi connectivity index (χ2n) is 8.70. The smallest absolute Gasteiger partial charge is 0.301 e. The van der Waals surface area contributed by atoms with Crippen LogP contribution in [0.15, 0.2) is 66.2 Å². The molecule has 1 atom stereocenters. The highest BCUT2D eigenvalue weighted by Gasteiger charge is 2.49. The van der Waals surface area contributed by atoms with Crippen LogP contribution in [0.5, 0.6) is 17.2 Å². The summed E-state index contributed by atoms with van der Waals surface area (Å²) in [5.41, 5.74) is 2.55. The average Bonchev–Trinajstić information content (AvgIpc) is 3.45. The van der Waals surface area contributed by atoms with Crippen LogP contribution < -0.4 is 19.1 Å². The molecule has 194 valence electrons. The van der Waals surface area contributed by atoms with E-state index in [1.165, 1.54) is 30.5 Å². The molecule has 38 heavy (non-hydrogen) atoms. The van der Waals surface area contributed by atoms with Gasteiger partial charge in [-0.15, -0.1) is 0 Å². The Bertz CT molecular complexity index is 1570. The number of ether oxygens (including phenoxy) is 3. The first-order valence-corrected chi connectivity index (χ1v) is 12.8. The van der Waals surface area contributed by atoms with E-state index in [4.69, 9.17) is 14.2 Å². The molecule has 1 N–H and O–H groups in total. The third-order valence-electron chi connectivity index (χ3n) is 6.35. The number of benzene rings is 3. The third kappa shape index (κ3) is 4.35. The molecular formula is C29H26N2O6S. The summed E-state index contributed by atoms with van der Waals surface area (Å²) in [6.07, 6.45) is 0. The SMILES string of the molecule is CCOc1ccc(C(O)=C2C(=O)C(=O)N(c3nc4ccc(C)cc4s3)[C@@H]2c2cc(OC)ccc2OC)cc1. The van der Waals surface area contributed by atoms with Crippen molar-refractivity contribution >= 4 is 44.1 Å². The number of hydrogen-bond donors (Lipinski definition) is 1. The Kier molecular flexibility index (Phi) is 6.77. The number of carbonyl (C=O) groups is 2. The maximum absolute atomic E-state index is 13.6. The minimum atomic E-state index is -1.01. The van der Waals surface area contributed by atoms with Crippen molar-refractivity contribution in [1.82, 2.24) is 4.98 Å². The first-order chi connectivity index (χ1) is 18.4. The molecule has 1 amide bonds. The van der Waals surface area contributed by atoms with E-state index in [1.54, 1.807) is 42.5 Å². The van der Waals surface area contributed by atoms with Crippen LogP contribution >= 0.6 is 11.3 Å². The quantitative estimate of drug-likeness (QED) is 0.187. The number of hydrogen-bond acceptors (Lipinski definition) is 8. The molecule has 1 saturated heterocycles. The van der Waals surface area contributed by atoms with Crippen LogP contribution in [0, 0.1) is 6.92 Å². The van der Waals surface area contributed by atoms with Crippen molar-refractivity contribution in [2.24, 2.45) is 0 Å². The molecule has 0 bridgehead atoms. The lowest BCUT2D eigenvalue weighted by Crippen LogP contribution is -2.29. The van der Waals surface area contributed by atoms with Gasteiger partial charge in [-0.2, -0.15) is 0 Å². The number of rotatable bonds is 7. The molecular weight excluding hydrogens is 504 g/mol. The topological polar surface area (TPSA) is 98.2 Å². The number of Topliss-reactive ketones (excluding diaryl/α,β-unsaturated/α-hetero) is 1. The predicted octanol–water partition coefficient (Wildman–Crippen LogP) is 5.65. The number of aryl methyl sites for hydroxylation is 1. The van der Waals surface area contributed by atoms with Crippen molar-refractivity contribution in [3.8, 4) is 17.2 Å². The van der Waals surface area contributed by atoms with Gasteiger partial charge in [-0.05, 0) is 74.0 Å². The second-order valence-corrected chi connectivity index (χ2v) is 9.71. The number of nitrogens with zero attached hydrogens (tertiary/aromatic N) is 2. The number of thiazole rings is 1. The highest BCUT2D eigenvalue weighted by Crippen LogP contribution is 2.47. The molecule has 3 aromatic carbocycles. The Morgan fingerprint density at radius 1 is 1.00 bits per heavy atom. The Morgan fingerprint density at radius 3 is 2.42 bits per heavy atom. The van der Waals surface area contributed by atoms with Gasteiger partial charge in [0, 0.05) is 11.1 Å². The van der Waals surface area contributed by atoms with E-state index in [2.05, 4.69) is 4.98 Å². The maximum atomic E-state index is 13.6. The van der Waals surface area contributed by atoms with Crippen LogP contribution in [-0.4, -0.2) is 42.6 Å². The minimum absolute atomic E-state index is 0.0684. The van der Waals surface area contributed by atoms with E-state index in [1.807, 2.05) is 32.0 Å². The molecule has 9 heteroatoms. The standard InChI is InChI=1S/C29H26N2O6S/c1-5-37-18-9-7-17(8-10-18)26(32)24-25(20-15-19(35-3)11-13-22(20)36-4)31(28(34)27(24)33)29-30-21-12-6-16(2)14-23(21)38-29/h6-15,25,32H,5H2,1-4H3/t25-/m1/s1. The number of fused-ring (bicyclic) bond motifs is 1. The molecule has 0 spiro atoms. The van der Waals surface area contributed by atoms with Gasteiger partial charge in [-0.25, -0.2) is 4.98 Å². The van der Waals surface area contributed by atoms with Crippen LogP contribution in [0.3, 0.4) is 0 Å².